The van der Waals surface area contributed by atoms with E-state index in [4.69, 9.17) is 0 Å². The van der Waals surface area contributed by atoms with E-state index in [1.807, 2.05) is 25.2 Å². The number of imide groups is 1. The Labute approximate surface area is 230 Å². The van der Waals surface area contributed by atoms with Crippen LogP contribution in [-0.2, 0) is 34.1 Å². The number of alkyl carbamates (subject to hydrolysis) is 1. The Morgan fingerprint density at radius 1 is 0.974 bits per heavy atom. The van der Waals surface area contributed by atoms with Gasteiger partial charge in [-0.15, -0.1) is 11.3 Å². The van der Waals surface area contributed by atoms with Crippen LogP contribution >= 0.6 is 11.3 Å². The van der Waals surface area contributed by atoms with Crippen LogP contribution in [0.5, 0.6) is 0 Å². The molecule has 0 fully saturated rings. The highest BCUT2D eigenvalue weighted by atomic mass is 32.2. The fourth-order valence-electron chi connectivity index (χ4n) is 4.90. The van der Waals surface area contributed by atoms with Crippen molar-refractivity contribution in [2.45, 2.75) is 30.7 Å². The summed E-state index contributed by atoms with van der Waals surface area (Å²) in [6, 6.07) is 13.2. The average molecular weight is 569 g/mol. The second-order valence-corrected chi connectivity index (χ2v) is 12.4. The van der Waals surface area contributed by atoms with Crippen LogP contribution in [0, 0.1) is 0 Å². The second-order valence-electron chi connectivity index (χ2n) is 9.43. The molecule has 5 rings (SSSR count). The highest BCUT2D eigenvalue weighted by Gasteiger charge is 2.31. The number of benzene rings is 2. The first-order valence-corrected chi connectivity index (χ1v) is 14.7. The highest BCUT2D eigenvalue weighted by molar-refractivity contribution is 7.92. The van der Waals surface area contributed by atoms with Gasteiger partial charge < -0.3 is 15.0 Å². The summed E-state index contributed by atoms with van der Waals surface area (Å²) >= 11 is 1.28. The molecule has 2 N–H and O–H groups in total. The van der Waals surface area contributed by atoms with Crippen molar-refractivity contribution in [1.82, 2.24) is 10.2 Å². The second kappa shape index (κ2) is 10.8. The molecular weight excluding hydrogens is 540 g/mol. The van der Waals surface area contributed by atoms with Crippen molar-refractivity contribution < 1.29 is 27.5 Å². The standard InChI is InChI=1S/C27H28N4O6S2/c1-30-15-13-20-22(16-30)38-26(23(20)25(33)29-27(34)37-2)28-24(32)18-9-11-19(12-10-18)39(35,36)31-14-5-7-17-6-3-4-8-21(17)31/h3-4,6,8-12H,5,7,13-16H2,1-2H3,(H,28,32)(H,29,33,34). The van der Waals surface area contributed by atoms with Gasteiger partial charge in [0.1, 0.15) is 5.00 Å². The molecule has 3 heterocycles. The number of para-hydroxylation sites is 1. The number of methoxy groups -OCH3 is 1. The number of carbonyl (C=O) groups excluding carboxylic acids is 3. The van der Waals surface area contributed by atoms with E-state index >= 15 is 0 Å². The topological polar surface area (TPSA) is 125 Å². The average Bonchev–Trinajstić information content (AvgIpc) is 3.29. The van der Waals surface area contributed by atoms with Crippen molar-refractivity contribution in [2.75, 3.05) is 36.9 Å². The van der Waals surface area contributed by atoms with Crippen LogP contribution in [0.1, 0.15) is 43.1 Å². The van der Waals surface area contributed by atoms with E-state index in [9.17, 15) is 22.8 Å². The predicted molar refractivity (Wildman–Crippen MR) is 148 cm³/mol. The summed E-state index contributed by atoms with van der Waals surface area (Å²) in [5, 5.41) is 5.30. The molecule has 39 heavy (non-hydrogen) atoms. The minimum Gasteiger partial charge on any atom is -0.453 e. The number of ether oxygens (including phenoxy) is 1. The lowest BCUT2D eigenvalue weighted by Gasteiger charge is -2.30. The lowest BCUT2D eigenvalue weighted by molar-refractivity contribution is 0.0936. The first-order valence-electron chi connectivity index (χ1n) is 12.4. The molecule has 0 radical (unpaired) electrons. The number of sulfonamides is 1. The zero-order valence-electron chi connectivity index (χ0n) is 21.5. The van der Waals surface area contributed by atoms with Crippen LogP contribution in [0.3, 0.4) is 0 Å². The molecule has 0 saturated carbocycles. The predicted octanol–water partition coefficient (Wildman–Crippen LogP) is 3.63. The largest absolute Gasteiger partial charge is 0.453 e. The third-order valence-corrected chi connectivity index (χ3v) is 9.83. The monoisotopic (exact) mass is 568 g/mol. The third-order valence-electron chi connectivity index (χ3n) is 6.87. The molecule has 10 nitrogen and oxygen atoms in total. The molecular formula is C27H28N4O6S2. The molecule has 1 aromatic heterocycles. The number of nitrogens with one attached hydrogen (secondary N) is 2. The SMILES string of the molecule is COC(=O)NC(=O)c1c(NC(=O)c2ccc(S(=O)(=O)N3CCCc4ccccc43)cc2)sc2c1CCN(C)C2. The Hall–Kier alpha value is -3.74. The first-order chi connectivity index (χ1) is 18.7. The van der Waals surface area contributed by atoms with Gasteiger partial charge in [-0.25, -0.2) is 13.2 Å². The fourth-order valence-corrected chi connectivity index (χ4v) is 7.76. The molecule has 2 aliphatic rings. The molecule has 0 bridgehead atoms. The molecule has 3 aromatic rings. The van der Waals surface area contributed by atoms with Gasteiger partial charge in [0.05, 0.1) is 23.3 Å². The van der Waals surface area contributed by atoms with Crippen molar-refractivity contribution in [3.63, 3.8) is 0 Å². The Kier molecular flexibility index (Phi) is 7.43. The molecule has 2 aromatic carbocycles. The van der Waals surface area contributed by atoms with Gasteiger partial charge in [-0.3, -0.25) is 19.2 Å². The number of carbonyl (C=O) groups is 3. The maximum atomic E-state index is 13.4. The van der Waals surface area contributed by atoms with Crippen LogP contribution in [0.25, 0.3) is 0 Å². The van der Waals surface area contributed by atoms with Crippen molar-refractivity contribution >= 4 is 50.0 Å². The third kappa shape index (κ3) is 5.27. The molecule has 0 spiro atoms. The quantitative estimate of drug-likeness (QED) is 0.482. The lowest BCUT2D eigenvalue weighted by Crippen LogP contribution is -2.35. The lowest BCUT2D eigenvalue weighted by atomic mass is 10.0. The van der Waals surface area contributed by atoms with Gasteiger partial charge in [0.2, 0.25) is 0 Å². The van der Waals surface area contributed by atoms with E-state index in [1.54, 1.807) is 6.07 Å². The zero-order chi connectivity index (χ0) is 27.7. The first kappa shape index (κ1) is 26.9. The molecule has 0 aliphatic carbocycles. The number of likely N-dealkylation sites (N-methyl/N-ethyl adjacent to an activating group) is 1. The number of rotatable bonds is 5. The summed E-state index contributed by atoms with van der Waals surface area (Å²) in [5.41, 5.74) is 2.93. The van der Waals surface area contributed by atoms with Crippen LogP contribution in [-0.4, -0.2) is 58.5 Å². The molecule has 204 valence electrons. The Bertz CT molecular complexity index is 1550. The summed E-state index contributed by atoms with van der Waals surface area (Å²) in [6.45, 7) is 1.73. The van der Waals surface area contributed by atoms with Crippen molar-refractivity contribution in [3.05, 3.63) is 75.7 Å². The smallest absolute Gasteiger partial charge is 0.413 e. The number of hydrogen-bond donors (Lipinski definition) is 2. The van der Waals surface area contributed by atoms with Gasteiger partial charge in [-0.2, -0.15) is 0 Å². The van der Waals surface area contributed by atoms with E-state index in [-0.39, 0.29) is 16.0 Å². The van der Waals surface area contributed by atoms with Gasteiger partial charge >= 0.3 is 6.09 Å². The summed E-state index contributed by atoms with van der Waals surface area (Å²) < 4.78 is 32.8. The van der Waals surface area contributed by atoms with Gasteiger partial charge in [0, 0.05) is 30.1 Å². The fraction of sp³-hybridized carbons (Fsp3) is 0.296. The van der Waals surface area contributed by atoms with E-state index in [0.717, 1.165) is 42.5 Å². The van der Waals surface area contributed by atoms with Gasteiger partial charge in [-0.1, -0.05) is 18.2 Å². The maximum absolute atomic E-state index is 13.4. The summed E-state index contributed by atoms with van der Waals surface area (Å²) in [4.78, 5) is 40.9. The van der Waals surface area contributed by atoms with Crippen LogP contribution in [0.15, 0.2) is 53.4 Å². The Morgan fingerprint density at radius 3 is 2.46 bits per heavy atom. The Balaban J connectivity index is 1.39. The van der Waals surface area contributed by atoms with E-state index in [2.05, 4.69) is 20.3 Å². The molecule has 12 heteroatoms. The number of hydrogen-bond acceptors (Lipinski definition) is 8. The number of thiophene rings is 1. The van der Waals surface area contributed by atoms with E-state index < -0.39 is 27.9 Å². The molecule has 0 unspecified atom stereocenters. The summed E-state index contributed by atoms with van der Waals surface area (Å²) in [7, 11) is -0.684. The minimum absolute atomic E-state index is 0.0866. The van der Waals surface area contributed by atoms with Crippen molar-refractivity contribution in [1.29, 1.82) is 0 Å². The number of anilines is 2. The maximum Gasteiger partial charge on any atom is 0.413 e. The number of nitrogens with zero attached hydrogens (tertiary/aromatic N) is 2. The van der Waals surface area contributed by atoms with Gasteiger partial charge in [0.15, 0.2) is 0 Å². The minimum atomic E-state index is -3.81. The molecule has 3 amide bonds. The number of aryl methyl sites for hydroxylation is 1. The van der Waals surface area contributed by atoms with E-state index in [1.165, 1.54) is 39.9 Å². The Morgan fingerprint density at radius 2 is 1.72 bits per heavy atom. The van der Waals surface area contributed by atoms with Crippen molar-refractivity contribution in [2.24, 2.45) is 0 Å². The molecule has 2 aliphatic heterocycles. The van der Waals surface area contributed by atoms with E-state index in [0.29, 0.717) is 30.2 Å². The highest BCUT2D eigenvalue weighted by Crippen LogP contribution is 2.37. The summed E-state index contributed by atoms with van der Waals surface area (Å²) in [6.07, 6.45) is 1.25. The van der Waals surface area contributed by atoms with Crippen LogP contribution in [0.4, 0.5) is 15.5 Å². The van der Waals surface area contributed by atoms with Crippen LogP contribution in [0.2, 0.25) is 0 Å². The number of fused-ring (bicyclic) bond motifs is 2. The van der Waals surface area contributed by atoms with Gasteiger partial charge in [0.25, 0.3) is 21.8 Å². The number of amides is 3. The van der Waals surface area contributed by atoms with Crippen LogP contribution < -0.4 is 14.9 Å². The van der Waals surface area contributed by atoms with Gasteiger partial charge in [-0.05, 0) is 67.8 Å². The van der Waals surface area contributed by atoms with Crippen molar-refractivity contribution in [3.8, 4) is 0 Å². The zero-order valence-corrected chi connectivity index (χ0v) is 23.2. The summed E-state index contributed by atoms with van der Waals surface area (Å²) in [5.74, 6) is -1.15. The molecule has 0 saturated heterocycles. The normalized spacial score (nSPS) is 15.2. The molecule has 0 atom stereocenters.